The highest BCUT2D eigenvalue weighted by Gasteiger charge is 2.41. The molecule has 2 N–H and O–H groups in total. The van der Waals surface area contributed by atoms with Crippen LogP contribution in [0.25, 0.3) is 0 Å². The predicted octanol–water partition coefficient (Wildman–Crippen LogP) is 1.36. The molecular formula is C13H24N2O3. The summed E-state index contributed by atoms with van der Waals surface area (Å²) in [7, 11) is 0. The van der Waals surface area contributed by atoms with Crippen LogP contribution >= 0.6 is 0 Å². The fourth-order valence-corrected chi connectivity index (χ4v) is 2.71. The average molecular weight is 256 g/mol. The highest BCUT2D eigenvalue weighted by molar-refractivity contribution is 5.68. The van der Waals surface area contributed by atoms with Gasteiger partial charge in [-0.2, -0.15) is 0 Å². The van der Waals surface area contributed by atoms with E-state index in [0.717, 1.165) is 12.8 Å². The molecule has 1 amide bonds. The number of nitrogens with two attached hydrogens (primary N) is 1. The summed E-state index contributed by atoms with van der Waals surface area (Å²) in [5.74, 6) is 0.250. The third-order valence-corrected chi connectivity index (χ3v) is 3.61. The van der Waals surface area contributed by atoms with Crippen molar-refractivity contribution < 1.29 is 14.3 Å². The Balaban J connectivity index is 2.09. The van der Waals surface area contributed by atoms with Gasteiger partial charge in [0.15, 0.2) is 0 Å². The zero-order valence-electron chi connectivity index (χ0n) is 11.5. The maximum atomic E-state index is 12.2. The Labute approximate surface area is 109 Å². The molecule has 0 aromatic heterocycles. The van der Waals surface area contributed by atoms with E-state index in [-0.39, 0.29) is 24.1 Å². The molecule has 0 saturated carbocycles. The van der Waals surface area contributed by atoms with Crippen molar-refractivity contribution in [3.63, 3.8) is 0 Å². The molecule has 0 aliphatic carbocycles. The Morgan fingerprint density at radius 3 is 2.78 bits per heavy atom. The summed E-state index contributed by atoms with van der Waals surface area (Å²) < 4.78 is 11.0. The summed E-state index contributed by atoms with van der Waals surface area (Å²) in [4.78, 5) is 14.0. The number of ether oxygens (including phenoxy) is 2. The number of amides is 1. The minimum atomic E-state index is -0.458. The lowest BCUT2D eigenvalue weighted by molar-refractivity contribution is 0.0132. The molecule has 2 fully saturated rings. The Morgan fingerprint density at radius 2 is 2.11 bits per heavy atom. The van der Waals surface area contributed by atoms with Gasteiger partial charge in [0.1, 0.15) is 5.60 Å². The molecule has 0 spiro atoms. The van der Waals surface area contributed by atoms with Crippen molar-refractivity contribution in [1.29, 1.82) is 0 Å². The van der Waals surface area contributed by atoms with Crippen LogP contribution < -0.4 is 5.73 Å². The van der Waals surface area contributed by atoms with E-state index < -0.39 is 5.60 Å². The second-order valence-electron chi connectivity index (χ2n) is 6.25. The van der Waals surface area contributed by atoms with Gasteiger partial charge in [0.05, 0.1) is 19.3 Å². The first-order chi connectivity index (χ1) is 8.38. The van der Waals surface area contributed by atoms with Crippen molar-refractivity contribution >= 4 is 6.09 Å². The quantitative estimate of drug-likeness (QED) is 0.710. The molecule has 2 aliphatic heterocycles. The minimum absolute atomic E-state index is 0.0809. The number of carbonyl (C=O) groups excluding carboxylic acids is 1. The number of hydrogen-bond donors (Lipinski definition) is 1. The maximum Gasteiger partial charge on any atom is 0.410 e. The van der Waals surface area contributed by atoms with Gasteiger partial charge in [-0.25, -0.2) is 4.79 Å². The molecule has 0 bridgehead atoms. The van der Waals surface area contributed by atoms with Gasteiger partial charge in [-0.05, 0) is 33.6 Å². The molecule has 0 aromatic rings. The van der Waals surface area contributed by atoms with Crippen LogP contribution in [-0.2, 0) is 9.47 Å². The van der Waals surface area contributed by atoms with Crippen LogP contribution in [0, 0.1) is 5.92 Å². The lowest BCUT2D eigenvalue weighted by Crippen LogP contribution is -2.48. The third-order valence-electron chi connectivity index (χ3n) is 3.61. The Hall–Kier alpha value is -0.810. The Morgan fingerprint density at radius 1 is 1.39 bits per heavy atom. The van der Waals surface area contributed by atoms with Crippen molar-refractivity contribution in [2.24, 2.45) is 11.7 Å². The van der Waals surface area contributed by atoms with Gasteiger partial charge < -0.3 is 20.1 Å². The molecule has 2 saturated heterocycles. The number of rotatable bonds is 0. The van der Waals surface area contributed by atoms with Crippen molar-refractivity contribution in [2.45, 2.75) is 51.3 Å². The topological polar surface area (TPSA) is 64.8 Å². The number of carbonyl (C=O) groups is 1. The molecule has 104 valence electrons. The molecule has 0 radical (unpaired) electrons. The summed E-state index contributed by atoms with van der Waals surface area (Å²) in [5, 5.41) is 0. The van der Waals surface area contributed by atoms with E-state index in [4.69, 9.17) is 15.2 Å². The van der Waals surface area contributed by atoms with E-state index in [2.05, 4.69) is 0 Å². The first-order valence-electron chi connectivity index (χ1n) is 6.71. The summed E-state index contributed by atoms with van der Waals surface area (Å²) in [5.41, 5.74) is 5.69. The molecule has 5 heteroatoms. The van der Waals surface area contributed by atoms with Crippen LogP contribution in [0.5, 0.6) is 0 Å². The smallest absolute Gasteiger partial charge is 0.410 e. The number of nitrogens with zero attached hydrogens (tertiary/aromatic N) is 1. The molecule has 2 heterocycles. The monoisotopic (exact) mass is 256 g/mol. The van der Waals surface area contributed by atoms with Crippen LogP contribution in [0.15, 0.2) is 0 Å². The summed E-state index contributed by atoms with van der Waals surface area (Å²) in [6, 6.07) is 0.210. The minimum Gasteiger partial charge on any atom is -0.444 e. The predicted molar refractivity (Wildman–Crippen MR) is 68.2 cm³/mol. The van der Waals surface area contributed by atoms with Gasteiger partial charge in [-0.15, -0.1) is 0 Å². The summed E-state index contributed by atoms with van der Waals surface area (Å²) in [6.45, 7) is 7.61. The van der Waals surface area contributed by atoms with E-state index >= 15 is 0 Å². The fraction of sp³-hybridized carbons (Fsp3) is 0.923. The number of likely N-dealkylation sites (tertiary alicyclic amines) is 1. The van der Waals surface area contributed by atoms with Crippen molar-refractivity contribution in [3.05, 3.63) is 0 Å². The lowest BCUT2D eigenvalue weighted by atomic mass is 9.93. The zero-order valence-corrected chi connectivity index (χ0v) is 11.5. The van der Waals surface area contributed by atoms with Crippen molar-refractivity contribution in [2.75, 3.05) is 19.8 Å². The average Bonchev–Trinajstić information content (AvgIpc) is 2.64. The molecule has 3 unspecified atom stereocenters. The highest BCUT2D eigenvalue weighted by Crippen LogP contribution is 2.28. The largest absolute Gasteiger partial charge is 0.444 e. The SMILES string of the molecule is CC(C)(C)OC(=O)N1CCCC(N)C2COCC21. The summed E-state index contributed by atoms with van der Waals surface area (Å²) >= 11 is 0. The first-order valence-corrected chi connectivity index (χ1v) is 6.71. The molecule has 2 aliphatic rings. The second-order valence-corrected chi connectivity index (χ2v) is 6.25. The zero-order chi connectivity index (χ0) is 13.3. The molecule has 5 nitrogen and oxygen atoms in total. The molecule has 3 atom stereocenters. The van der Waals surface area contributed by atoms with Gasteiger partial charge in [-0.1, -0.05) is 0 Å². The maximum absolute atomic E-state index is 12.2. The number of fused-ring (bicyclic) bond motifs is 1. The van der Waals surface area contributed by atoms with Gasteiger partial charge in [0.2, 0.25) is 0 Å². The van der Waals surface area contributed by atoms with E-state index in [9.17, 15) is 4.79 Å². The van der Waals surface area contributed by atoms with E-state index in [1.54, 1.807) is 0 Å². The molecule has 2 rings (SSSR count). The molecule has 0 aromatic carbocycles. The van der Waals surface area contributed by atoms with E-state index in [0.29, 0.717) is 19.8 Å². The van der Waals surface area contributed by atoms with Crippen LogP contribution in [0.3, 0.4) is 0 Å². The number of hydrogen-bond acceptors (Lipinski definition) is 4. The van der Waals surface area contributed by atoms with Gasteiger partial charge in [-0.3, -0.25) is 0 Å². The van der Waals surface area contributed by atoms with Crippen molar-refractivity contribution in [1.82, 2.24) is 4.90 Å². The standard InChI is InChI=1S/C13H24N2O3/c1-13(2,3)18-12(16)15-6-4-5-10(14)9-7-17-8-11(9)15/h9-11H,4-8,14H2,1-3H3. The molecular weight excluding hydrogens is 232 g/mol. The highest BCUT2D eigenvalue weighted by atomic mass is 16.6. The van der Waals surface area contributed by atoms with E-state index in [1.165, 1.54) is 0 Å². The second kappa shape index (κ2) is 5.05. The van der Waals surface area contributed by atoms with Gasteiger partial charge in [0.25, 0.3) is 0 Å². The normalized spacial score (nSPS) is 32.9. The Bertz CT molecular complexity index is 314. The Kier molecular flexibility index (Phi) is 3.82. The van der Waals surface area contributed by atoms with Gasteiger partial charge in [0, 0.05) is 18.5 Å². The van der Waals surface area contributed by atoms with Gasteiger partial charge >= 0.3 is 6.09 Å². The summed E-state index contributed by atoms with van der Waals surface area (Å²) in [6.07, 6.45) is 1.65. The first kappa shape index (κ1) is 13.6. The lowest BCUT2D eigenvalue weighted by Gasteiger charge is -2.32. The third kappa shape index (κ3) is 2.95. The van der Waals surface area contributed by atoms with Crippen LogP contribution in [0.1, 0.15) is 33.6 Å². The fourth-order valence-electron chi connectivity index (χ4n) is 2.71. The molecule has 18 heavy (non-hydrogen) atoms. The van der Waals surface area contributed by atoms with Crippen LogP contribution in [0.4, 0.5) is 4.79 Å². The van der Waals surface area contributed by atoms with Crippen molar-refractivity contribution in [3.8, 4) is 0 Å². The van der Waals surface area contributed by atoms with Crippen LogP contribution in [0.2, 0.25) is 0 Å². The van der Waals surface area contributed by atoms with Crippen LogP contribution in [-0.4, -0.2) is 48.4 Å². The van der Waals surface area contributed by atoms with E-state index in [1.807, 2.05) is 25.7 Å².